The molecule has 0 aromatic heterocycles. The van der Waals surface area contributed by atoms with Gasteiger partial charge in [-0.2, -0.15) is 0 Å². The van der Waals surface area contributed by atoms with Crippen molar-refractivity contribution in [3.8, 4) is 0 Å². The number of phosphoric ester groups is 1. The summed E-state index contributed by atoms with van der Waals surface area (Å²) in [7, 11) is 1.47. The number of allylic oxidation sites excluding steroid dienone is 11. The summed E-state index contributed by atoms with van der Waals surface area (Å²) in [4.78, 5) is 37.7. The number of carbonyl (C=O) groups is 2. The number of likely N-dealkylation sites (N-methyl/N-ethyl adjacent to an activating group) is 1. The molecule has 0 heterocycles. The molecule has 1 amide bonds. The van der Waals surface area contributed by atoms with Crippen molar-refractivity contribution in [2.45, 2.75) is 283 Å². The number of carbonyl (C=O) groups excluding carboxylic acids is 2. The highest BCUT2D eigenvalue weighted by molar-refractivity contribution is 7.47. The predicted octanol–water partition coefficient (Wildman–Crippen LogP) is 18.8. The third-order valence-corrected chi connectivity index (χ3v) is 14.4. The van der Waals surface area contributed by atoms with Crippen LogP contribution in [-0.4, -0.2) is 74.3 Å². The zero-order chi connectivity index (χ0) is 54.3. The largest absolute Gasteiger partial charge is 0.472 e. The van der Waals surface area contributed by atoms with Gasteiger partial charge in [-0.15, -0.1) is 0 Å². The zero-order valence-electron chi connectivity index (χ0n) is 49.1. The van der Waals surface area contributed by atoms with Crippen LogP contribution in [0.2, 0.25) is 0 Å². The SMILES string of the molecule is CCCCC/C=C\C/C=C\C/C=C\C/C=C\CCCCCCCC(=O)OC(/C=C\CCCCCCCCCCCCC)C(COP(=O)(O)OCC[N+](C)(C)C)NC(=O)CCCCC/C=C\CCCCCCCCC. The highest BCUT2D eigenvalue weighted by atomic mass is 31.2. The molecule has 3 atom stereocenters. The lowest BCUT2D eigenvalue weighted by molar-refractivity contribution is -0.870. The molecule has 10 heteroatoms. The first-order valence-electron chi connectivity index (χ1n) is 30.8. The average Bonchev–Trinajstić information content (AvgIpc) is 3.36. The summed E-state index contributed by atoms with van der Waals surface area (Å²) in [5.74, 6) is -0.543. The van der Waals surface area contributed by atoms with Crippen LogP contribution in [0.3, 0.4) is 0 Å². The van der Waals surface area contributed by atoms with Crippen molar-refractivity contribution in [3.05, 3.63) is 72.9 Å². The van der Waals surface area contributed by atoms with Crippen LogP contribution in [0.4, 0.5) is 0 Å². The molecule has 0 aromatic rings. The number of unbranched alkanes of at least 4 members (excludes halogenated alkanes) is 29. The minimum atomic E-state index is -4.46. The second-order valence-corrected chi connectivity index (χ2v) is 23.3. The summed E-state index contributed by atoms with van der Waals surface area (Å²) in [6, 6.07) is -0.866. The number of phosphoric acid groups is 1. The van der Waals surface area contributed by atoms with Crippen molar-refractivity contribution in [1.29, 1.82) is 0 Å². The standard InChI is InChI=1S/C64H117N2O7P/c1-7-10-13-16-19-22-25-28-30-31-32-33-34-35-36-39-42-45-48-51-54-57-64(68)73-62(55-52-49-46-43-40-37-27-24-21-18-15-12-9-3)61(60-72-74(69,70)71-59-58-66(4,5)6)65-63(67)56-53-50-47-44-41-38-29-26-23-20-17-14-11-8-2/h19,22,28,30,32-33,35-36,38,41,52,55,61-62H,7-18,20-21,23-27,29,31,34,37,39-40,42-51,53-54,56-60H2,1-6H3,(H-,65,67,69,70)/p+1/b22-19-,30-28-,33-32-,36-35-,41-38-,55-52-. The van der Waals surface area contributed by atoms with Crippen LogP contribution in [0.1, 0.15) is 271 Å². The van der Waals surface area contributed by atoms with Crippen molar-refractivity contribution in [1.82, 2.24) is 5.32 Å². The molecule has 0 fully saturated rings. The number of ether oxygens (including phenoxy) is 1. The Morgan fingerprint density at radius 3 is 1.28 bits per heavy atom. The van der Waals surface area contributed by atoms with E-state index in [0.29, 0.717) is 23.9 Å². The summed E-state index contributed by atoms with van der Waals surface area (Å²) in [5.41, 5.74) is 0. The number of rotatable bonds is 55. The van der Waals surface area contributed by atoms with Gasteiger partial charge in [-0.05, 0) is 102 Å². The van der Waals surface area contributed by atoms with Crippen molar-refractivity contribution in [2.75, 3.05) is 40.9 Å². The fourth-order valence-electron chi connectivity index (χ4n) is 8.56. The molecule has 2 N–H and O–H groups in total. The van der Waals surface area contributed by atoms with Gasteiger partial charge in [0.25, 0.3) is 0 Å². The molecule has 0 aliphatic heterocycles. The first kappa shape index (κ1) is 71.5. The van der Waals surface area contributed by atoms with Gasteiger partial charge in [-0.25, -0.2) is 4.57 Å². The van der Waals surface area contributed by atoms with Gasteiger partial charge in [-0.1, -0.05) is 229 Å². The Balaban J connectivity index is 5.34. The molecule has 430 valence electrons. The molecule has 3 unspecified atom stereocenters. The second-order valence-electron chi connectivity index (χ2n) is 21.9. The van der Waals surface area contributed by atoms with Crippen LogP contribution in [0.25, 0.3) is 0 Å². The van der Waals surface area contributed by atoms with Crippen molar-refractivity contribution < 1.29 is 37.3 Å². The molecule has 0 radical (unpaired) electrons. The van der Waals surface area contributed by atoms with E-state index in [0.717, 1.165) is 103 Å². The lowest BCUT2D eigenvalue weighted by Crippen LogP contribution is -2.47. The van der Waals surface area contributed by atoms with E-state index in [4.69, 9.17) is 13.8 Å². The molecule has 0 bridgehead atoms. The smallest absolute Gasteiger partial charge is 0.456 e. The normalized spacial score (nSPS) is 14.2. The van der Waals surface area contributed by atoms with E-state index in [1.807, 2.05) is 33.3 Å². The summed E-state index contributed by atoms with van der Waals surface area (Å²) in [5, 5.41) is 3.04. The molecule has 0 aromatic carbocycles. The number of amides is 1. The maximum Gasteiger partial charge on any atom is 0.472 e. The lowest BCUT2D eigenvalue weighted by Gasteiger charge is -2.27. The molecule has 0 saturated heterocycles. The van der Waals surface area contributed by atoms with E-state index in [-0.39, 0.29) is 31.5 Å². The Labute approximate surface area is 457 Å². The van der Waals surface area contributed by atoms with E-state index in [9.17, 15) is 19.0 Å². The summed E-state index contributed by atoms with van der Waals surface area (Å²) < 4.78 is 30.7. The van der Waals surface area contributed by atoms with Crippen LogP contribution in [-0.2, 0) is 27.9 Å². The molecule has 0 aliphatic carbocycles. The summed E-state index contributed by atoms with van der Waals surface area (Å²) in [6.45, 7) is 6.96. The minimum Gasteiger partial charge on any atom is -0.456 e. The molecular formula is C64H118N2O7P+. The lowest BCUT2D eigenvalue weighted by atomic mass is 10.0. The first-order chi connectivity index (χ1) is 35.9. The van der Waals surface area contributed by atoms with Gasteiger partial charge in [0.05, 0.1) is 33.8 Å². The number of nitrogens with zero attached hydrogens (tertiary/aromatic N) is 1. The summed E-state index contributed by atoms with van der Waals surface area (Å²) >= 11 is 0. The van der Waals surface area contributed by atoms with Gasteiger partial charge >= 0.3 is 13.8 Å². The molecule has 0 spiro atoms. The number of hydrogen-bond donors (Lipinski definition) is 2. The van der Waals surface area contributed by atoms with Gasteiger partial charge in [-0.3, -0.25) is 18.6 Å². The number of hydrogen-bond acceptors (Lipinski definition) is 6. The minimum absolute atomic E-state index is 0.0322. The topological polar surface area (TPSA) is 111 Å². The Bertz CT molecular complexity index is 1500. The second kappa shape index (κ2) is 53.8. The number of esters is 1. The number of quaternary nitrogens is 1. The van der Waals surface area contributed by atoms with Gasteiger partial charge in [0.2, 0.25) is 5.91 Å². The van der Waals surface area contributed by atoms with Gasteiger partial charge in [0, 0.05) is 12.8 Å². The fraction of sp³-hybridized carbons (Fsp3) is 0.781. The molecule has 0 rings (SSSR count). The third-order valence-electron chi connectivity index (χ3n) is 13.4. The van der Waals surface area contributed by atoms with E-state index in [2.05, 4.69) is 86.8 Å². The molecule has 74 heavy (non-hydrogen) atoms. The number of nitrogens with one attached hydrogen (secondary N) is 1. The van der Waals surface area contributed by atoms with Crippen LogP contribution in [0.15, 0.2) is 72.9 Å². The quantitative estimate of drug-likeness (QED) is 0.0205. The van der Waals surface area contributed by atoms with Crippen LogP contribution < -0.4 is 5.32 Å². The third kappa shape index (κ3) is 54.2. The highest BCUT2D eigenvalue weighted by Crippen LogP contribution is 2.43. The molecule has 9 nitrogen and oxygen atoms in total. The Hall–Kier alpha value is -2.55. The molecular weight excluding hydrogens is 940 g/mol. The Morgan fingerprint density at radius 1 is 0.473 bits per heavy atom. The average molecular weight is 1060 g/mol. The van der Waals surface area contributed by atoms with Crippen molar-refractivity contribution in [2.24, 2.45) is 0 Å². The molecule has 0 aliphatic rings. The highest BCUT2D eigenvalue weighted by Gasteiger charge is 2.30. The van der Waals surface area contributed by atoms with Gasteiger partial charge in [0.15, 0.2) is 0 Å². The summed E-state index contributed by atoms with van der Waals surface area (Å²) in [6.07, 6.45) is 68.9. The zero-order valence-corrected chi connectivity index (χ0v) is 50.0. The van der Waals surface area contributed by atoms with E-state index in [1.54, 1.807) is 0 Å². The first-order valence-corrected chi connectivity index (χ1v) is 32.3. The van der Waals surface area contributed by atoms with E-state index >= 15 is 0 Å². The van der Waals surface area contributed by atoms with Crippen LogP contribution >= 0.6 is 7.82 Å². The Morgan fingerprint density at radius 2 is 0.824 bits per heavy atom. The van der Waals surface area contributed by atoms with Gasteiger partial charge in [0.1, 0.15) is 19.3 Å². The van der Waals surface area contributed by atoms with Gasteiger partial charge < -0.3 is 19.4 Å². The maximum atomic E-state index is 13.5. The van der Waals surface area contributed by atoms with E-state index < -0.39 is 20.0 Å². The fourth-order valence-corrected chi connectivity index (χ4v) is 9.30. The maximum absolute atomic E-state index is 13.5. The van der Waals surface area contributed by atoms with E-state index in [1.165, 1.54) is 128 Å². The van der Waals surface area contributed by atoms with Crippen LogP contribution in [0.5, 0.6) is 0 Å². The Kier molecular flexibility index (Phi) is 52.0. The monoisotopic (exact) mass is 1060 g/mol. The molecule has 0 saturated carbocycles. The van der Waals surface area contributed by atoms with Crippen LogP contribution in [0, 0.1) is 0 Å². The predicted molar refractivity (Wildman–Crippen MR) is 318 cm³/mol. The van der Waals surface area contributed by atoms with Crippen molar-refractivity contribution in [3.63, 3.8) is 0 Å². The van der Waals surface area contributed by atoms with Crippen molar-refractivity contribution >= 4 is 19.7 Å².